The van der Waals surface area contributed by atoms with E-state index in [0.717, 1.165) is 12.8 Å². The third-order valence-electron chi connectivity index (χ3n) is 1.31. The summed E-state index contributed by atoms with van der Waals surface area (Å²) >= 11 is 0. The molecule has 1 rings (SSSR count). The molecule has 1 heteroatoms. The zero-order valence-electron chi connectivity index (χ0n) is 6.51. The summed E-state index contributed by atoms with van der Waals surface area (Å²) in [5.74, 6) is 0. The first-order valence-electron chi connectivity index (χ1n) is 3.26. The third-order valence-corrected chi connectivity index (χ3v) is 1.31. The molecule has 1 aromatic carbocycles. The zero-order valence-corrected chi connectivity index (χ0v) is 8.51. The van der Waals surface area contributed by atoms with Crippen molar-refractivity contribution in [3.05, 3.63) is 42.8 Å². The van der Waals surface area contributed by atoms with Crippen LogP contribution in [0.15, 0.2) is 30.3 Å². The van der Waals surface area contributed by atoms with E-state index >= 15 is 0 Å². The van der Waals surface area contributed by atoms with Crippen molar-refractivity contribution in [2.75, 3.05) is 0 Å². The van der Waals surface area contributed by atoms with Gasteiger partial charge < -0.3 is 6.92 Å². The fraction of sp³-hybridized carbons (Fsp3) is 0.222. The van der Waals surface area contributed by atoms with E-state index in [2.05, 4.69) is 31.2 Å². The van der Waals surface area contributed by atoms with Crippen LogP contribution in [0.2, 0.25) is 0 Å². The molecule has 0 saturated carbocycles. The van der Waals surface area contributed by atoms with E-state index in [-0.39, 0.29) is 29.6 Å². The Labute approximate surface area is 84.9 Å². The van der Waals surface area contributed by atoms with Gasteiger partial charge in [0.2, 0.25) is 0 Å². The molecule has 0 nitrogen and oxygen atoms in total. The summed E-state index contributed by atoms with van der Waals surface area (Å²) in [7, 11) is 0. The van der Waals surface area contributed by atoms with Crippen molar-refractivity contribution >= 4 is 0 Å². The maximum absolute atomic E-state index is 3.78. The van der Waals surface area contributed by atoms with Crippen molar-refractivity contribution < 1.29 is 29.6 Å². The topological polar surface area (TPSA) is 0 Å². The summed E-state index contributed by atoms with van der Waals surface area (Å²) in [6.45, 7) is 3.78. The van der Waals surface area contributed by atoms with Crippen LogP contribution in [0.25, 0.3) is 0 Å². The molecule has 10 heavy (non-hydrogen) atoms. The van der Waals surface area contributed by atoms with Crippen molar-refractivity contribution in [1.82, 2.24) is 0 Å². The van der Waals surface area contributed by atoms with Gasteiger partial charge in [0.15, 0.2) is 0 Å². The first-order valence-corrected chi connectivity index (χ1v) is 3.26. The van der Waals surface area contributed by atoms with Crippen LogP contribution in [0.1, 0.15) is 12.0 Å². The average Bonchev–Trinajstić information content (AvgIpc) is 1.91. The van der Waals surface area contributed by atoms with E-state index < -0.39 is 0 Å². The zero-order chi connectivity index (χ0) is 6.53. The monoisotopic (exact) mass is 142 g/mol. The van der Waals surface area contributed by atoms with Gasteiger partial charge in [0, 0.05) is 0 Å². The van der Waals surface area contributed by atoms with Crippen LogP contribution in [0.5, 0.6) is 0 Å². The second-order valence-electron chi connectivity index (χ2n) is 2.09. The molecule has 0 aliphatic heterocycles. The van der Waals surface area contributed by atoms with Crippen LogP contribution in [-0.2, 0) is 6.42 Å². The van der Waals surface area contributed by atoms with E-state index in [1.54, 1.807) is 0 Å². The molecule has 0 heterocycles. The van der Waals surface area contributed by atoms with Crippen LogP contribution in [0, 0.1) is 6.92 Å². The fourth-order valence-electron chi connectivity index (χ4n) is 0.849. The maximum Gasteiger partial charge on any atom is 1.00 e. The molecule has 48 valence electrons. The van der Waals surface area contributed by atoms with Gasteiger partial charge in [-0.1, -0.05) is 42.3 Å². The molecule has 1 aromatic rings. The molecule has 0 fully saturated rings. The van der Waals surface area contributed by atoms with Gasteiger partial charge in [-0.15, -0.1) is 0 Å². The van der Waals surface area contributed by atoms with Gasteiger partial charge in [-0.2, -0.15) is 6.42 Å². The average molecular weight is 142 g/mol. The molecule has 0 aliphatic rings. The Morgan fingerprint density at radius 1 is 1.10 bits per heavy atom. The summed E-state index contributed by atoms with van der Waals surface area (Å²) in [5.41, 5.74) is 1.38. The van der Waals surface area contributed by atoms with Gasteiger partial charge >= 0.3 is 29.6 Å². The largest absolute Gasteiger partial charge is 1.00 e. The van der Waals surface area contributed by atoms with E-state index in [1.165, 1.54) is 5.56 Å². The Bertz CT molecular complexity index is 158. The van der Waals surface area contributed by atoms with Crippen LogP contribution < -0.4 is 29.6 Å². The molecule has 0 aliphatic carbocycles. The van der Waals surface area contributed by atoms with Crippen molar-refractivity contribution in [1.29, 1.82) is 0 Å². The third kappa shape index (κ3) is 3.40. The van der Waals surface area contributed by atoms with Crippen molar-refractivity contribution in [3.63, 3.8) is 0 Å². The molecule has 0 bridgehead atoms. The summed E-state index contributed by atoms with van der Waals surface area (Å²) in [6.07, 6.45) is 2.09. The van der Waals surface area contributed by atoms with E-state index in [0.29, 0.717) is 0 Å². The molecule has 0 amide bonds. The molecule has 0 aromatic heterocycles. The summed E-state index contributed by atoms with van der Waals surface area (Å²) in [6, 6.07) is 10.4. The molecular formula is C9H11Na. The van der Waals surface area contributed by atoms with Gasteiger partial charge in [-0.3, -0.25) is 0 Å². The SMILES string of the molecule is [CH2-]CCc1ccccc1.[Na+]. The van der Waals surface area contributed by atoms with E-state index in [9.17, 15) is 0 Å². The van der Waals surface area contributed by atoms with E-state index in [1.807, 2.05) is 6.07 Å². The molecule has 0 saturated heterocycles. The minimum Gasteiger partial charge on any atom is -0.343 e. The fourth-order valence-corrected chi connectivity index (χ4v) is 0.849. The van der Waals surface area contributed by atoms with Gasteiger partial charge in [0.25, 0.3) is 0 Å². The van der Waals surface area contributed by atoms with Gasteiger partial charge in [-0.25, -0.2) is 0 Å². The Hall–Kier alpha value is 0.220. The van der Waals surface area contributed by atoms with Gasteiger partial charge in [0.1, 0.15) is 0 Å². The molecule has 0 atom stereocenters. The number of benzene rings is 1. The van der Waals surface area contributed by atoms with Crippen LogP contribution >= 0.6 is 0 Å². The second kappa shape index (κ2) is 5.96. The van der Waals surface area contributed by atoms with Gasteiger partial charge in [0.05, 0.1) is 0 Å². The Balaban J connectivity index is 0.000000810. The minimum absolute atomic E-state index is 0. The predicted octanol–water partition coefficient (Wildman–Crippen LogP) is -0.543. The summed E-state index contributed by atoms with van der Waals surface area (Å²) in [4.78, 5) is 0. The number of hydrogen-bond acceptors (Lipinski definition) is 0. The Morgan fingerprint density at radius 3 is 2.20 bits per heavy atom. The molecule has 0 spiro atoms. The molecular weight excluding hydrogens is 131 g/mol. The predicted molar refractivity (Wildman–Crippen MR) is 40.1 cm³/mol. The minimum atomic E-state index is 0. The molecule has 0 radical (unpaired) electrons. The number of aryl methyl sites for hydroxylation is 1. The van der Waals surface area contributed by atoms with Gasteiger partial charge in [-0.05, 0) is 0 Å². The van der Waals surface area contributed by atoms with Crippen molar-refractivity contribution in [2.45, 2.75) is 12.8 Å². The molecule has 0 unspecified atom stereocenters. The normalized spacial score (nSPS) is 8.50. The Kier molecular flexibility index (Phi) is 6.10. The van der Waals surface area contributed by atoms with Crippen molar-refractivity contribution in [3.8, 4) is 0 Å². The Morgan fingerprint density at radius 2 is 1.70 bits per heavy atom. The first kappa shape index (κ1) is 10.2. The van der Waals surface area contributed by atoms with Crippen LogP contribution in [0.3, 0.4) is 0 Å². The number of hydrogen-bond donors (Lipinski definition) is 0. The maximum atomic E-state index is 3.78. The number of rotatable bonds is 2. The van der Waals surface area contributed by atoms with Crippen molar-refractivity contribution in [2.24, 2.45) is 0 Å². The summed E-state index contributed by atoms with van der Waals surface area (Å²) < 4.78 is 0. The van der Waals surface area contributed by atoms with E-state index in [4.69, 9.17) is 0 Å². The summed E-state index contributed by atoms with van der Waals surface area (Å²) in [5, 5.41) is 0. The first-order chi connectivity index (χ1) is 4.43. The smallest absolute Gasteiger partial charge is 0.343 e. The quantitative estimate of drug-likeness (QED) is 0.384. The van der Waals surface area contributed by atoms with Crippen LogP contribution in [-0.4, -0.2) is 0 Å². The van der Waals surface area contributed by atoms with Crippen LogP contribution in [0.4, 0.5) is 0 Å². The second-order valence-corrected chi connectivity index (χ2v) is 2.09. The molecule has 0 N–H and O–H groups in total. The standard InChI is InChI=1S/C9H11.Na/c1-2-6-9-7-4-3-5-8-9;/h3-5,7-8H,1-2,6H2;/q-1;+1.